The third kappa shape index (κ3) is 3.58. The van der Waals surface area contributed by atoms with E-state index in [1.54, 1.807) is 18.4 Å². The van der Waals surface area contributed by atoms with Crippen LogP contribution in [-0.2, 0) is 6.42 Å². The number of furan rings is 1. The van der Waals surface area contributed by atoms with E-state index in [0.29, 0.717) is 0 Å². The Labute approximate surface area is 112 Å². The van der Waals surface area contributed by atoms with Gasteiger partial charge in [0.1, 0.15) is 5.76 Å². The normalized spacial score (nSPS) is 12.4. The van der Waals surface area contributed by atoms with Crippen molar-refractivity contribution in [3.05, 3.63) is 53.7 Å². The van der Waals surface area contributed by atoms with Gasteiger partial charge in [0, 0.05) is 19.0 Å². The van der Waals surface area contributed by atoms with Gasteiger partial charge in [-0.05, 0) is 36.8 Å². The quantitative estimate of drug-likeness (QED) is 0.868. The average molecular weight is 263 g/mol. The second-order valence-corrected chi connectivity index (χ2v) is 4.40. The van der Waals surface area contributed by atoms with Crippen molar-refractivity contribution in [2.24, 2.45) is 0 Å². The summed E-state index contributed by atoms with van der Waals surface area (Å²) >= 11 is 0. The monoisotopic (exact) mass is 263 g/mol. The summed E-state index contributed by atoms with van der Waals surface area (Å²) in [6, 6.07) is 8.88. The second kappa shape index (κ2) is 6.38. The Morgan fingerprint density at radius 1 is 1.37 bits per heavy atom. The molecule has 102 valence electrons. The zero-order valence-corrected chi connectivity index (χ0v) is 11.2. The first-order chi connectivity index (χ1) is 9.20. The fourth-order valence-corrected chi connectivity index (χ4v) is 1.93. The molecule has 2 rings (SSSR count). The van der Waals surface area contributed by atoms with Gasteiger partial charge in [0.25, 0.3) is 0 Å². The van der Waals surface area contributed by atoms with Crippen molar-refractivity contribution < 1.29 is 13.5 Å². The van der Waals surface area contributed by atoms with E-state index in [0.717, 1.165) is 24.3 Å². The summed E-state index contributed by atoms with van der Waals surface area (Å²) in [4.78, 5) is 0. The lowest BCUT2D eigenvalue weighted by atomic mass is 10.1. The molecule has 1 aromatic heterocycles. The fraction of sp³-hybridized carbons (Fsp3) is 0.333. The molecule has 19 heavy (non-hydrogen) atoms. The van der Waals surface area contributed by atoms with Crippen LogP contribution in [0.2, 0.25) is 0 Å². The highest BCUT2D eigenvalue weighted by atomic mass is 19.1. The van der Waals surface area contributed by atoms with Gasteiger partial charge in [-0.1, -0.05) is 6.07 Å². The molecule has 1 heterocycles. The van der Waals surface area contributed by atoms with Crippen molar-refractivity contribution in [3.63, 3.8) is 0 Å². The molecule has 4 heteroatoms. The van der Waals surface area contributed by atoms with Gasteiger partial charge in [0.05, 0.1) is 13.4 Å². The van der Waals surface area contributed by atoms with E-state index in [4.69, 9.17) is 9.15 Å². The maximum absolute atomic E-state index is 13.3. The van der Waals surface area contributed by atoms with Crippen molar-refractivity contribution >= 4 is 0 Å². The van der Waals surface area contributed by atoms with Crippen LogP contribution in [0.25, 0.3) is 0 Å². The highest BCUT2D eigenvalue weighted by molar-refractivity contribution is 5.31. The van der Waals surface area contributed by atoms with Crippen LogP contribution >= 0.6 is 0 Å². The SMILES string of the molecule is COc1cc(C(C)NCCc2ccco2)ccc1F. The first kappa shape index (κ1) is 13.6. The van der Waals surface area contributed by atoms with Crippen molar-refractivity contribution in [2.45, 2.75) is 19.4 Å². The summed E-state index contributed by atoms with van der Waals surface area (Å²) in [5, 5.41) is 3.37. The van der Waals surface area contributed by atoms with Crippen molar-refractivity contribution in [2.75, 3.05) is 13.7 Å². The molecule has 0 bridgehead atoms. The summed E-state index contributed by atoms with van der Waals surface area (Å²) in [6.45, 7) is 2.84. The molecule has 0 aliphatic rings. The molecule has 1 unspecified atom stereocenters. The van der Waals surface area contributed by atoms with Crippen LogP contribution < -0.4 is 10.1 Å². The zero-order valence-electron chi connectivity index (χ0n) is 11.2. The first-order valence-electron chi connectivity index (χ1n) is 6.30. The van der Waals surface area contributed by atoms with Gasteiger partial charge in [-0.2, -0.15) is 0 Å². The van der Waals surface area contributed by atoms with E-state index in [-0.39, 0.29) is 17.6 Å². The molecule has 0 saturated heterocycles. The number of methoxy groups -OCH3 is 1. The molecule has 0 aliphatic carbocycles. The van der Waals surface area contributed by atoms with E-state index < -0.39 is 0 Å². The highest BCUT2D eigenvalue weighted by Crippen LogP contribution is 2.22. The molecule has 3 nitrogen and oxygen atoms in total. The summed E-state index contributed by atoms with van der Waals surface area (Å²) in [6.07, 6.45) is 2.50. The summed E-state index contributed by atoms with van der Waals surface area (Å²) < 4.78 is 23.6. The number of ether oxygens (including phenoxy) is 1. The maximum atomic E-state index is 13.3. The molecule has 0 radical (unpaired) electrons. The van der Waals surface area contributed by atoms with Crippen molar-refractivity contribution in [1.82, 2.24) is 5.32 Å². The zero-order chi connectivity index (χ0) is 13.7. The molecule has 0 fully saturated rings. The van der Waals surface area contributed by atoms with Crippen molar-refractivity contribution in [1.29, 1.82) is 0 Å². The summed E-state index contributed by atoms with van der Waals surface area (Å²) in [5.41, 5.74) is 0.998. The van der Waals surface area contributed by atoms with E-state index in [2.05, 4.69) is 5.32 Å². The summed E-state index contributed by atoms with van der Waals surface area (Å²) in [7, 11) is 1.47. The molecule has 0 spiro atoms. The average Bonchev–Trinajstić information content (AvgIpc) is 2.92. The number of hydrogen-bond acceptors (Lipinski definition) is 3. The Bertz CT molecular complexity index is 511. The lowest BCUT2D eigenvalue weighted by molar-refractivity contribution is 0.385. The molecule has 0 amide bonds. The number of hydrogen-bond donors (Lipinski definition) is 1. The molecular weight excluding hydrogens is 245 g/mol. The third-order valence-electron chi connectivity index (χ3n) is 3.08. The fourth-order valence-electron chi connectivity index (χ4n) is 1.93. The van der Waals surface area contributed by atoms with Crippen LogP contribution in [0, 0.1) is 5.82 Å². The van der Waals surface area contributed by atoms with Crippen LogP contribution in [0.15, 0.2) is 41.0 Å². The number of benzene rings is 1. The van der Waals surface area contributed by atoms with Gasteiger partial charge < -0.3 is 14.5 Å². The van der Waals surface area contributed by atoms with Crippen LogP contribution in [0.3, 0.4) is 0 Å². The number of rotatable bonds is 6. The van der Waals surface area contributed by atoms with E-state index in [1.807, 2.05) is 19.1 Å². The minimum Gasteiger partial charge on any atom is -0.494 e. The Hall–Kier alpha value is -1.81. The minimum absolute atomic E-state index is 0.129. The minimum atomic E-state index is -0.339. The Morgan fingerprint density at radius 3 is 2.89 bits per heavy atom. The lowest BCUT2D eigenvalue weighted by Gasteiger charge is -2.15. The third-order valence-corrected chi connectivity index (χ3v) is 3.08. The van der Waals surface area contributed by atoms with Gasteiger partial charge in [0.15, 0.2) is 11.6 Å². The topological polar surface area (TPSA) is 34.4 Å². The molecule has 1 N–H and O–H groups in total. The van der Waals surface area contributed by atoms with Gasteiger partial charge in [0.2, 0.25) is 0 Å². The molecule has 2 aromatic rings. The van der Waals surface area contributed by atoms with Gasteiger partial charge in [-0.25, -0.2) is 4.39 Å². The maximum Gasteiger partial charge on any atom is 0.165 e. The van der Waals surface area contributed by atoms with Gasteiger partial charge in [-0.15, -0.1) is 0 Å². The molecule has 1 aromatic carbocycles. The summed E-state index contributed by atoms with van der Waals surface area (Å²) in [5.74, 6) is 0.891. The van der Waals surface area contributed by atoms with Crippen LogP contribution in [-0.4, -0.2) is 13.7 Å². The van der Waals surface area contributed by atoms with E-state index in [9.17, 15) is 4.39 Å². The van der Waals surface area contributed by atoms with E-state index >= 15 is 0 Å². The Balaban J connectivity index is 1.90. The van der Waals surface area contributed by atoms with Crippen LogP contribution in [0.1, 0.15) is 24.3 Å². The largest absolute Gasteiger partial charge is 0.494 e. The van der Waals surface area contributed by atoms with Crippen LogP contribution in [0.4, 0.5) is 4.39 Å². The van der Waals surface area contributed by atoms with Gasteiger partial charge in [-0.3, -0.25) is 0 Å². The predicted molar refractivity (Wildman–Crippen MR) is 71.8 cm³/mol. The van der Waals surface area contributed by atoms with E-state index in [1.165, 1.54) is 13.2 Å². The molecule has 1 atom stereocenters. The number of nitrogens with one attached hydrogen (secondary N) is 1. The number of halogens is 1. The highest BCUT2D eigenvalue weighted by Gasteiger charge is 2.09. The first-order valence-corrected chi connectivity index (χ1v) is 6.30. The second-order valence-electron chi connectivity index (χ2n) is 4.40. The molecular formula is C15H18FNO2. The Kier molecular flexibility index (Phi) is 4.58. The Morgan fingerprint density at radius 2 is 2.21 bits per heavy atom. The standard InChI is InChI=1S/C15H18FNO2/c1-11(17-8-7-13-4-3-9-19-13)12-5-6-14(16)15(10-12)18-2/h3-6,9-11,17H,7-8H2,1-2H3. The molecule has 0 saturated carbocycles. The molecule has 0 aliphatic heterocycles. The smallest absolute Gasteiger partial charge is 0.165 e. The van der Waals surface area contributed by atoms with Crippen molar-refractivity contribution in [3.8, 4) is 5.75 Å². The van der Waals surface area contributed by atoms with Crippen LogP contribution in [0.5, 0.6) is 5.75 Å². The van der Waals surface area contributed by atoms with Gasteiger partial charge >= 0.3 is 0 Å². The lowest BCUT2D eigenvalue weighted by Crippen LogP contribution is -2.21. The predicted octanol–water partition coefficient (Wildman–Crippen LogP) is 3.32.